The van der Waals surface area contributed by atoms with Crippen molar-refractivity contribution in [1.82, 2.24) is 15.3 Å². The molecule has 3 rings (SSSR count). The molecule has 0 amide bonds. The Balaban J connectivity index is 1.78. The number of piperazine rings is 1. The van der Waals surface area contributed by atoms with E-state index < -0.39 is 0 Å². The number of pyridine rings is 2. The third kappa shape index (κ3) is 4.69. The molecule has 1 atom stereocenters. The van der Waals surface area contributed by atoms with Crippen LogP contribution in [0.2, 0.25) is 0 Å². The van der Waals surface area contributed by atoms with Crippen LogP contribution in [0.1, 0.15) is 33.1 Å². The van der Waals surface area contributed by atoms with Gasteiger partial charge in [0.25, 0.3) is 0 Å². The van der Waals surface area contributed by atoms with Gasteiger partial charge in [0.15, 0.2) is 0 Å². The Morgan fingerprint density at radius 1 is 1.20 bits per heavy atom. The van der Waals surface area contributed by atoms with Gasteiger partial charge in [-0.05, 0) is 37.1 Å². The maximum Gasteiger partial charge on any atom is 0.129 e. The average molecular weight is 339 g/mol. The van der Waals surface area contributed by atoms with Crippen molar-refractivity contribution in [2.45, 2.75) is 39.2 Å². The fourth-order valence-electron chi connectivity index (χ4n) is 3.26. The summed E-state index contributed by atoms with van der Waals surface area (Å²) in [6.07, 6.45) is 5.32. The van der Waals surface area contributed by atoms with E-state index in [1.165, 1.54) is 12.8 Å². The third-order valence-electron chi connectivity index (χ3n) is 4.71. The van der Waals surface area contributed by atoms with Gasteiger partial charge in [0.2, 0.25) is 0 Å². The topological polar surface area (TPSA) is 53.1 Å². The first-order valence-electron chi connectivity index (χ1n) is 9.45. The van der Waals surface area contributed by atoms with Crippen molar-refractivity contribution in [3.63, 3.8) is 0 Å². The van der Waals surface area contributed by atoms with Crippen molar-refractivity contribution in [2.24, 2.45) is 0 Å². The zero-order valence-corrected chi connectivity index (χ0v) is 15.3. The minimum Gasteiger partial charge on any atom is -0.367 e. The SMILES string of the molecule is CCCC(CC)Nc1cc(-c2cccc(N3CCNCC3)n2)ccn1. The van der Waals surface area contributed by atoms with E-state index in [-0.39, 0.29) is 0 Å². The zero-order chi connectivity index (χ0) is 17.5. The first kappa shape index (κ1) is 17.7. The van der Waals surface area contributed by atoms with Crippen LogP contribution in [0, 0.1) is 0 Å². The highest BCUT2D eigenvalue weighted by Gasteiger charge is 2.13. The highest BCUT2D eigenvalue weighted by molar-refractivity contribution is 5.64. The Labute approximate surface area is 150 Å². The van der Waals surface area contributed by atoms with E-state index in [1.807, 2.05) is 12.3 Å². The largest absolute Gasteiger partial charge is 0.367 e. The molecular weight excluding hydrogens is 310 g/mol. The minimum absolute atomic E-state index is 0.480. The van der Waals surface area contributed by atoms with Gasteiger partial charge in [-0.15, -0.1) is 0 Å². The molecule has 2 aromatic heterocycles. The molecule has 0 aliphatic carbocycles. The number of anilines is 2. The molecule has 5 heteroatoms. The Kier molecular flexibility index (Phi) is 6.23. The summed E-state index contributed by atoms with van der Waals surface area (Å²) >= 11 is 0. The van der Waals surface area contributed by atoms with E-state index in [0.29, 0.717) is 6.04 Å². The first-order valence-corrected chi connectivity index (χ1v) is 9.45. The molecule has 1 unspecified atom stereocenters. The highest BCUT2D eigenvalue weighted by atomic mass is 15.2. The first-order chi connectivity index (χ1) is 12.3. The van der Waals surface area contributed by atoms with Crippen LogP contribution in [-0.2, 0) is 0 Å². The lowest BCUT2D eigenvalue weighted by Crippen LogP contribution is -2.43. The third-order valence-corrected chi connectivity index (χ3v) is 4.71. The number of nitrogens with zero attached hydrogens (tertiary/aromatic N) is 3. The number of nitrogens with one attached hydrogen (secondary N) is 2. The molecular formula is C20H29N5. The zero-order valence-electron chi connectivity index (χ0n) is 15.3. The maximum atomic E-state index is 4.89. The molecule has 0 saturated carbocycles. The normalized spacial score (nSPS) is 15.8. The second-order valence-corrected chi connectivity index (χ2v) is 6.59. The van der Waals surface area contributed by atoms with Gasteiger partial charge in [0, 0.05) is 44.0 Å². The molecule has 1 fully saturated rings. The van der Waals surface area contributed by atoms with Gasteiger partial charge >= 0.3 is 0 Å². The number of hydrogen-bond acceptors (Lipinski definition) is 5. The minimum atomic E-state index is 0.480. The van der Waals surface area contributed by atoms with Crippen molar-refractivity contribution in [1.29, 1.82) is 0 Å². The van der Waals surface area contributed by atoms with Crippen molar-refractivity contribution in [3.05, 3.63) is 36.5 Å². The fraction of sp³-hybridized carbons (Fsp3) is 0.500. The molecule has 2 N–H and O–H groups in total. The van der Waals surface area contributed by atoms with Gasteiger partial charge < -0.3 is 15.5 Å². The van der Waals surface area contributed by atoms with Crippen LogP contribution in [0.5, 0.6) is 0 Å². The summed E-state index contributed by atoms with van der Waals surface area (Å²) in [6, 6.07) is 10.9. The predicted molar refractivity (Wildman–Crippen MR) is 105 cm³/mol. The molecule has 2 aromatic rings. The molecule has 0 radical (unpaired) electrons. The standard InChI is InChI=1S/C20H29N5/c1-3-6-17(4-2)23-19-15-16(9-10-22-19)18-7-5-8-20(24-18)25-13-11-21-12-14-25/h5,7-10,15,17,21H,3-4,6,11-14H2,1-2H3,(H,22,23). The lowest BCUT2D eigenvalue weighted by molar-refractivity contribution is 0.585. The molecule has 0 spiro atoms. The molecule has 0 aromatic carbocycles. The van der Waals surface area contributed by atoms with Crippen molar-refractivity contribution < 1.29 is 0 Å². The van der Waals surface area contributed by atoms with Crippen molar-refractivity contribution >= 4 is 11.6 Å². The second-order valence-electron chi connectivity index (χ2n) is 6.59. The lowest BCUT2D eigenvalue weighted by Gasteiger charge is -2.28. The fourth-order valence-corrected chi connectivity index (χ4v) is 3.26. The van der Waals surface area contributed by atoms with Gasteiger partial charge in [-0.1, -0.05) is 26.3 Å². The summed E-state index contributed by atoms with van der Waals surface area (Å²) in [5.41, 5.74) is 2.12. The van der Waals surface area contributed by atoms with E-state index in [4.69, 9.17) is 4.98 Å². The summed E-state index contributed by atoms with van der Waals surface area (Å²) in [5.74, 6) is 2.00. The van der Waals surface area contributed by atoms with Crippen LogP contribution >= 0.6 is 0 Å². The smallest absolute Gasteiger partial charge is 0.129 e. The summed E-state index contributed by atoms with van der Waals surface area (Å²) in [5, 5.41) is 6.95. The molecule has 5 nitrogen and oxygen atoms in total. The summed E-state index contributed by atoms with van der Waals surface area (Å²) in [4.78, 5) is 11.7. The van der Waals surface area contributed by atoms with Crippen LogP contribution in [0.4, 0.5) is 11.6 Å². The number of aromatic nitrogens is 2. The molecule has 1 aliphatic rings. The van der Waals surface area contributed by atoms with Crippen molar-refractivity contribution in [3.8, 4) is 11.3 Å². The molecule has 3 heterocycles. The molecule has 0 bridgehead atoms. The molecule has 134 valence electrons. The van der Waals surface area contributed by atoms with Gasteiger partial charge in [-0.2, -0.15) is 0 Å². The van der Waals surface area contributed by atoms with Crippen LogP contribution in [0.15, 0.2) is 36.5 Å². The van der Waals surface area contributed by atoms with Crippen molar-refractivity contribution in [2.75, 3.05) is 36.4 Å². The number of hydrogen-bond donors (Lipinski definition) is 2. The van der Waals surface area contributed by atoms with E-state index in [2.05, 4.69) is 58.6 Å². The molecule has 25 heavy (non-hydrogen) atoms. The van der Waals surface area contributed by atoms with Crippen LogP contribution in [0.3, 0.4) is 0 Å². The summed E-state index contributed by atoms with van der Waals surface area (Å²) in [7, 11) is 0. The number of rotatable bonds is 7. The van der Waals surface area contributed by atoms with Gasteiger partial charge in [-0.3, -0.25) is 0 Å². The van der Waals surface area contributed by atoms with Crippen LogP contribution in [-0.4, -0.2) is 42.2 Å². The summed E-state index contributed by atoms with van der Waals surface area (Å²) in [6.45, 7) is 8.50. The Morgan fingerprint density at radius 2 is 2.04 bits per heavy atom. The average Bonchev–Trinajstić information content (AvgIpc) is 2.68. The summed E-state index contributed by atoms with van der Waals surface area (Å²) < 4.78 is 0. The van der Waals surface area contributed by atoms with Crippen LogP contribution < -0.4 is 15.5 Å². The predicted octanol–water partition coefficient (Wildman–Crippen LogP) is 3.54. The van der Waals surface area contributed by atoms with Gasteiger partial charge in [0.05, 0.1) is 5.69 Å². The van der Waals surface area contributed by atoms with E-state index in [1.54, 1.807) is 0 Å². The van der Waals surface area contributed by atoms with E-state index in [0.717, 1.165) is 55.5 Å². The van der Waals surface area contributed by atoms with Gasteiger partial charge in [0.1, 0.15) is 11.6 Å². The Morgan fingerprint density at radius 3 is 2.80 bits per heavy atom. The Hall–Kier alpha value is -2.14. The maximum absolute atomic E-state index is 4.89. The quantitative estimate of drug-likeness (QED) is 0.808. The molecule has 1 saturated heterocycles. The second kappa shape index (κ2) is 8.81. The van der Waals surface area contributed by atoms with Gasteiger partial charge in [-0.25, -0.2) is 9.97 Å². The van der Waals surface area contributed by atoms with E-state index >= 15 is 0 Å². The Bertz CT molecular complexity index is 667. The molecule has 1 aliphatic heterocycles. The lowest BCUT2D eigenvalue weighted by atomic mass is 10.1. The monoisotopic (exact) mass is 339 g/mol. The highest BCUT2D eigenvalue weighted by Crippen LogP contribution is 2.23. The van der Waals surface area contributed by atoms with Crippen LogP contribution in [0.25, 0.3) is 11.3 Å². The van der Waals surface area contributed by atoms with E-state index in [9.17, 15) is 0 Å².